The molecule has 1 unspecified atom stereocenters. The lowest BCUT2D eigenvalue weighted by atomic mass is 9.97. The lowest BCUT2D eigenvalue weighted by Gasteiger charge is -2.20. The molecule has 0 spiro atoms. The first kappa shape index (κ1) is 18.8. The van der Waals surface area contributed by atoms with Gasteiger partial charge in [-0.3, -0.25) is 4.79 Å². The number of nitrogens with one attached hydrogen (secondary N) is 1. The topological polar surface area (TPSA) is 36.1 Å². The molecule has 1 atom stereocenters. The maximum absolute atomic E-state index is 13.4. The molecule has 4 rings (SSSR count). The van der Waals surface area contributed by atoms with Gasteiger partial charge in [-0.05, 0) is 74.2 Å². The van der Waals surface area contributed by atoms with Crippen LogP contribution in [0.1, 0.15) is 47.8 Å². The zero-order valence-corrected chi connectivity index (χ0v) is 16.1. The van der Waals surface area contributed by atoms with Gasteiger partial charge in [-0.1, -0.05) is 6.07 Å². The lowest BCUT2D eigenvalue weighted by molar-refractivity contribution is 0.0989. The maximum Gasteiger partial charge on any atom is 0.183 e. The molecule has 1 saturated heterocycles. The van der Waals surface area contributed by atoms with Crippen molar-refractivity contribution < 1.29 is 13.6 Å². The molecule has 146 valence electrons. The number of aromatic amines is 1. The lowest BCUT2D eigenvalue weighted by Crippen LogP contribution is -2.27. The normalized spacial score (nSPS) is 17.7. The summed E-state index contributed by atoms with van der Waals surface area (Å²) in [5.41, 5.74) is 2.99. The Morgan fingerprint density at radius 3 is 2.57 bits per heavy atom. The van der Waals surface area contributed by atoms with Gasteiger partial charge in [0.05, 0.1) is 5.69 Å². The van der Waals surface area contributed by atoms with Crippen molar-refractivity contribution in [1.29, 1.82) is 0 Å². The Bertz CT molecular complexity index is 1000. The Hall–Kier alpha value is -2.53. The first-order valence-corrected chi connectivity index (χ1v) is 9.74. The number of Topliss-reactive ketones (excluding diaryl/α,β-unsaturated/α-hetero) is 1. The van der Waals surface area contributed by atoms with Crippen LogP contribution in [-0.4, -0.2) is 34.8 Å². The molecule has 1 aliphatic rings. The molecule has 0 aliphatic carbocycles. The summed E-state index contributed by atoms with van der Waals surface area (Å²) in [6.07, 6.45) is 1.10. The fourth-order valence-electron chi connectivity index (χ4n) is 4.08. The number of hydrogen-bond donors (Lipinski definition) is 1. The monoisotopic (exact) mass is 382 g/mol. The van der Waals surface area contributed by atoms with Crippen molar-refractivity contribution in [3.05, 3.63) is 70.9 Å². The first-order chi connectivity index (χ1) is 13.4. The highest BCUT2D eigenvalue weighted by Crippen LogP contribution is 2.30. The molecule has 1 aliphatic heterocycles. The van der Waals surface area contributed by atoms with Crippen LogP contribution >= 0.6 is 0 Å². The molecular formula is C23H24F2N2O. The van der Waals surface area contributed by atoms with Crippen molar-refractivity contribution in [2.45, 2.75) is 38.6 Å². The van der Waals surface area contributed by atoms with E-state index in [0.717, 1.165) is 36.5 Å². The van der Waals surface area contributed by atoms with Gasteiger partial charge in [0.15, 0.2) is 5.78 Å². The third kappa shape index (κ3) is 3.85. The first-order valence-electron chi connectivity index (χ1n) is 9.74. The standard InChI is InChI=1S/C23H24F2N2O/c1-14(2)27-6-5-17(13-27)16-3-4-21-18(10-16)11-22(26-21)23(28)9-15-7-19(24)12-20(25)8-15/h3-4,7-8,10-12,14,17,26H,5-6,9,13H2,1-2H3. The van der Waals surface area contributed by atoms with E-state index in [9.17, 15) is 13.6 Å². The van der Waals surface area contributed by atoms with Gasteiger partial charge in [0, 0.05) is 36.0 Å². The van der Waals surface area contributed by atoms with Crippen molar-refractivity contribution in [2.24, 2.45) is 0 Å². The Balaban J connectivity index is 1.54. The van der Waals surface area contributed by atoms with Crippen molar-refractivity contribution in [3.8, 4) is 0 Å². The molecule has 1 fully saturated rings. The third-order valence-corrected chi connectivity index (χ3v) is 5.65. The van der Waals surface area contributed by atoms with Crippen molar-refractivity contribution in [1.82, 2.24) is 9.88 Å². The minimum atomic E-state index is -0.670. The van der Waals surface area contributed by atoms with Gasteiger partial charge in [-0.25, -0.2) is 8.78 Å². The minimum Gasteiger partial charge on any atom is -0.352 e. The van der Waals surface area contributed by atoms with E-state index in [4.69, 9.17) is 0 Å². The average Bonchev–Trinajstić information content (AvgIpc) is 3.27. The van der Waals surface area contributed by atoms with Crippen LogP contribution in [0, 0.1) is 11.6 Å². The van der Waals surface area contributed by atoms with E-state index < -0.39 is 11.6 Å². The molecule has 2 aromatic carbocycles. The molecule has 5 heteroatoms. The van der Waals surface area contributed by atoms with Gasteiger partial charge >= 0.3 is 0 Å². The molecule has 0 saturated carbocycles. The number of hydrogen-bond acceptors (Lipinski definition) is 2. The number of aromatic nitrogens is 1. The average molecular weight is 382 g/mol. The molecule has 0 radical (unpaired) electrons. The fourth-order valence-corrected chi connectivity index (χ4v) is 4.08. The Labute approximate surface area is 163 Å². The van der Waals surface area contributed by atoms with E-state index in [0.29, 0.717) is 23.2 Å². The number of ketones is 1. The molecule has 2 heterocycles. The second-order valence-electron chi connectivity index (χ2n) is 7.98. The minimum absolute atomic E-state index is 0.0413. The molecule has 3 nitrogen and oxygen atoms in total. The van der Waals surface area contributed by atoms with E-state index in [1.807, 2.05) is 12.1 Å². The molecule has 1 aromatic heterocycles. The quantitative estimate of drug-likeness (QED) is 0.626. The largest absolute Gasteiger partial charge is 0.352 e. The van der Waals surface area contributed by atoms with Gasteiger partial charge in [0.1, 0.15) is 11.6 Å². The second kappa shape index (κ2) is 7.47. The molecule has 0 amide bonds. The number of rotatable bonds is 5. The number of carbonyl (C=O) groups is 1. The molecular weight excluding hydrogens is 358 g/mol. The van der Waals surface area contributed by atoms with Gasteiger partial charge in [0.25, 0.3) is 0 Å². The number of nitrogens with zero attached hydrogens (tertiary/aromatic N) is 1. The summed E-state index contributed by atoms with van der Waals surface area (Å²) in [4.78, 5) is 18.2. The predicted octanol–water partition coefficient (Wildman–Crippen LogP) is 5.07. The summed E-state index contributed by atoms with van der Waals surface area (Å²) in [6.45, 7) is 6.62. The maximum atomic E-state index is 13.4. The highest BCUT2D eigenvalue weighted by molar-refractivity contribution is 6.00. The van der Waals surface area contributed by atoms with E-state index in [2.05, 4.69) is 35.9 Å². The van der Waals surface area contributed by atoms with Gasteiger partial charge < -0.3 is 9.88 Å². The summed E-state index contributed by atoms with van der Waals surface area (Å²) in [5, 5.41) is 0.995. The highest BCUT2D eigenvalue weighted by atomic mass is 19.1. The molecule has 28 heavy (non-hydrogen) atoms. The zero-order valence-electron chi connectivity index (χ0n) is 16.1. The summed E-state index contributed by atoms with van der Waals surface area (Å²) in [5.74, 6) is -1.02. The Morgan fingerprint density at radius 2 is 1.89 bits per heavy atom. The molecule has 1 N–H and O–H groups in total. The predicted molar refractivity (Wildman–Crippen MR) is 107 cm³/mol. The summed E-state index contributed by atoms with van der Waals surface area (Å²) >= 11 is 0. The summed E-state index contributed by atoms with van der Waals surface area (Å²) in [6, 6.07) is 11.9. The second-order valence-corrected chi connectivity index (χ2v) is 7.98. The van der Waals surface area contributed by atoms with Crippen LogP contribution in [0.3, 0.4) is 0 Å². The summed E-state index contributed by atoms with van der Waals surface area (Å²) in [7, 11) is 0. The van der Waals surface area contributed by atoms with E-state index >= 15 is 0 Å². The number of fused-ring (bicyclic) bond motifs is 1. The third-order valence-electron chi connectivity index (χ3n) is 5.65. The Kier molecular flexibility index (Phi) is 5.02. The summed E-state index contributed by atoms with van der Waals surface area (Å²) < 4.78 is 26.7. The van der Waals surface area contributed by atoms with Crippen LogP contribution in [0.5, 0.6) is 0 Å². The molecule has 0 bridgehead atoms. The SMILES string of the molecule is CC(C)N1CCC(c2ccc3[nH]c(C(=O)Cc4cc(F)cc(F)c4)cc3c2)C1. The van der Waals surface area contributed by atoms with Crippen LogP contribution in [-0.2, 0) is 6.42 Å². The van der Waals surface area contributed by atoms with Gasteiger partial charge in [-0.15, -0.1) is 0 Å². The van der Waals surface area contributed by atoms with Crippen LogP contribution in [0.2, 0.25) is 0 Å². The van der Waals surface area contributed by atoms with E-state index in [1.54, 1.807) is 0 Å². The van der Waals surface area contributed by atoms with E-state index in [1.165, 1.54) is 17.7 Å². The van der Waals surface area contributed by atoms with Crippen LogP contribution in [0.15, 0.2) is 42.5 Å². The number of H-pyrrole nitrogens is 1. The smallest absolute Gasteiger partial charge is 0.183 e. The van der Waals surface area contributed by atoms with Crippen molar-refractivity contribution >= 4 is 16.7 Å². The number of benzene rings is 2. The fraction of sp³-hybridized carbons (Fsp3) is 0.348. The number of carbonyl (C=O) groups excluding carboxylic acids is 1. The number of likely N-dealkylation sites (tertiary alicyclic amines) is 1. The van der Waals surface area contributed by atoms with Crippen molar-refractivity contribution in [3.63, 3.8) is 0 Å². The molecule has 3 aromatic rings. The van der Waals surface area contributed by atoms with Crippen LogP contribution < -0.4 is 0 Å². The van der Waals surface area contributed by atoms with Crippen LogP contribution in [0.25, 0.3) is 10.9 Å². The zero-order chi connectivity index (χ0) is 19.8. The van der Waals surface area contributed by atoms with Gasteiger partial charge in [0.2, 0.25) is 0 Å². The van der Waals surface area contributed by atoms with Crippen molar-refractivity contribution in [2.75, 3.05) is 13.1 Å². The van der Waals surface area contributed by atoms with Gasteiger partial charge in [-0.2, -0.15) is 0 Å². The van der Waals surface area contributed by atoms with Crippen LogP contribution in [0.4, 0.5) is 8.78 Å². The Morgan fingerprint density at radius 1 is 1.14 bits per heavy atom. The van der Waals surface area contributed by atoms with E-state index in [-0.39, 0.29) is 12.2 Å². The highest BCUT2D eigenvalue weighted by Gasteiger charge is 2.25. The number of halogens is 2.